The minimum Gasteiger partial charge on any atom is -0.490 e. The first kappa shape index (κ1) is 26.9. The molecule has 3 aromatic carbocycles. The van der Waals surface area contributed by atoms with E-state index in [-0.39, 0.29) is 29.4 Å². The Morgan fingerprint density at radius 2 is 1.47 bits per heavy atom. The van der Waals surface area contributed by atoms with E-state index in [4.69, 9.17) is 9.47 Å². The number of nitrogens with one attached hydrogen (secondary N) is 1. The molecule has 0 atom stereocenters. The lowest BCUT2D eigenvalue weighted by Crippen LogP contribution is -2.17. The number of non-ortho nitro benzene ring substituents is 3. The number of esters is 1. The summed E-state index contributed by atoms with van der Waals surface area (Å²) in [4.78, 5) is 55.5. The fourth-order valence-electron chi connectivity index (χ4n) is 3.03. The lowest BCUT2D eigenvalue weighted by Gasteiger charge is -2.11. The predicted molar refractivity (Wildman–Crippen MR) is 130 cm³/mol. The third-order valence-corrected chi connectivity index (χ3v) is 4.73. The van der Waals surface area contributed by atoms with Crippen LogP contribution < -0.4 is 14.9 Å². The van der Waals surface area contributed by atoms with Gasteiger partial charge in [0.05, 0.1) is 39.2 Å². The summed E-state index contributed by atoms with van der Waals surface area (Å²) < 4.78 is 10.7. The quantitative estimate of drug-likeness (QED) is 0.134. The van der Waals surface area contributed by atoms with Crippen LogP contribution in [-0.4, -0.2) is 39.5 Å². The van der Waals surface area contributed by atoms with Crippen LogP contribution >= 0.6 is 0 Å². The average Bonchev–Trinajstić information content (AvgIpc) is 2.89. The summed E-state index contributed by atoms with van der Waals surface area (Å²) >= 11 is 0. The highest BCUT2D eigenvalue weighted by atomic mass is 16.6. The Bertz CT molecular complexity index is 1440. The first-order valence-electron chi connectivity index (χ1n) is 10.6. The smallest absolute Gasteiger partial charge is 0.344 e. The summed E-state index contributed by atoms with van der Waals surface area (Å²) in [6.45, 7) is 1.83. The maximum Gasteiger partial charge on any atom is 0.344 e. The second-order valence-electron chi connectivity index (χ2n) is 7.29. The number of hydrazone groups is 1. The van der Waals surface area contributed by atoms with Crippen molar-refractivity contribution in [3.05, 3.63) is 108 Å². The summed E-state index contributed by atoms with van der Waals surface area (Å²) in [6.07, 6.45) is 1.24. The zero-order valence-electron chi connectivity index (χ0n) is 19.4. The second-order valence-corrected chi connectivity index (χ2v) is 7.29. The highest BCUT2D eigenvalue weighted by Gasteiger charge is 2.22. The van der Waals surface area contributed by atoms with E-state index in [0.717, 1.165) is 18.2 Å². The van der Waals surface area contributed by atoms with Crippen molar-refractivity contribution in [3.8, 4) is 11.5 Å². The van der Waals surface area contributed by atoms with E-state index >= 15 is 0 Å². The molecule has 1 amide bonds. The number of nitro groups is 3. The molecular weight excluding hydrogens is 506 g/mol. The molecule has 0 unspecified atom stereocenters. The van der Waals surface area contributed by atoms with Gasteiger partial charge in [0.25, 0.3) is 23.0 Å². The zero-order valence-corrected chi connectivity index (χ0v) is 19.4. The normalized spacial score (nSPS) is 10.6. The predicted octanol–water partition coefficient (Wildman–Crippen LogP) is 3.79. The van der Waals surface area contributed by atoms with Gasteiger partial charge < -0.3 is 9.47 Å². The molecule has 3 rings (SSSR count). The number of nitrogens with zero attached hydrogens (tertiary/aromatic N) is 4. The second kappa shape index (κ2) is 11.8. The van der Waals surface area contributed by atoms with Gasteiger partial charge in [-0.1, -0.05) is 6.07 Å². The number of ether oxygens (including phenoxy) is 2. The van der Waals surface area contributed by atoms with Gasteiger partial charge in [-0.15, -0.1) is 0 Å². The van der Waals surface area contributed by atoms with Crippen molar-refractivity contribution in [1.82, 2.24) is 5.43 Å². The number of rotatable bonds is 10. The van der Waals surface area contributed by atoms with Gasteiger partial charge in [0.2, 0.25) is 0 Å². The number of nitro benzene ring substituents is 3. The maximum absolute atomic E-state index is 12.6. The van der Waals surface area contributed by atoms with Crippen molar-refractivity contribution in [2.45, 2.75) is 6.92 Å². The number of carbonyl (C=O) groups excluding carboxylic acids is 2. The summed E-state index contributed by atoms with van der Waals surface area (Å²) in [5, 5.41) is 36.8. The Morgan fingerprint density at radius 1 is 0.842 bits per heavy atom. The zero-order chi connectivity index (χ0) is 27.8. The molecule has 194 valence electrons. The van der Waals surface area contributed by atoms with Crippen LogP contribution in [0.25, 0.3) is 0 Å². The fourth-order valence-corrected chi connectivity index (χ4v) is 3.03. The summed E-state index contributed by atoms with van der Waals surface area (Å²) in [5.41, 5.74) is 0.673. The molecule has 0 saturated carbocycles. The molecule has 0 bridgehead atoms. The van der Waals surface area contributed by atoms with Crippen molar-refractivity contribution in [2.75, 3.05) is 6.61 Å². The molecular formula is C23H17N5O10. The molecule has 0 saturated heterocycles. The molecule has 0 heterocycles. The van der Waals surface area contributed by atoms with E-state index in [1.807, 2.05) is 0 Å². The lowest BCUT2D eigenvalue weighted by atomic mass is 10.1. The van der Waals surface area contributed by atoms with Gasteiger partial charge >= 0.3 is 5.97 Å². The van der Waals surface area contributed by atoms with E-state index in [1.165, 1.54) is 42.6 Å². The standard InChI is InChI=1S/C23H17N5O10/c1-2-37-21-8-14(13-24-25-22(29)15-4-3-5-17(9-15)26(31)32)6-7-20(21)38-23(30)16-10-18(27(33)34)12-19(11-16)28(35)36/h3-13H,2H2,1H3,(H,25,29). The van der Waals surface area contributed by atoms with Crippen LogP contribution in [0.5, 0.6) is 11.5 Å². The van der Waals surface area contributed by atoms with Gasteiger partial charge in [-0.3, -0.25) is 35.1 Å². The van der Waals surface area contributed by atoms with E-state index < -0.39 is 43.6 Å². The highest BCUT2D eigenvalue weighted by molar-refractivity contribution is 5.95. The van der Waals surface area contributed by atoms with Gasteiger partial charge in [-0.25, -0.2) is 10.2 Å². The summed E-state index contributed by atoms with van der Waals surface area (Å²) in [6, 6.07) is 11.7. The SMILES string of the molecule is CCOc1cc(C=NNC(=O)c2cccc([N+](=O)[O-])c2)ccc1OC(=O)c1cc([N+](=O)[O-])cc([N+](=O)[O-])c1. The molecule has 15 nitrogen and oxygen atoms in total. The third-order valence-electron chi connectivity index (χ3n) is 4.73. The minimum absolute atomic E-state index is 0.0231. The van der Waals surface area contributed by atoms with Crippen molar-refractivity contribution >= 4 is 35.2 Å². The molecule has 1 N–H and O–H groups in total. The number of hydrogen-bond acceptors (Lipinski definition) is 11. The molecule has 15 heteroatoms. The van der Waals surface area contributed by atoms with E-state index in [2.05, 4.69) is 10.5 Å². The van der Waals surface area contributed by atoms with E-state index in [9.17, 15) is 39.9 Å². The number of amides is 1. The van der Waals surface area contributed by atoms with Crippen molar-refractivity contribution in [2.24, 2.45) is 5.10 Å². The average molecular weight is 523 g/mol. The van der Waals surface area contributed by atoms with E-state index in [1.54, 1.807) is 6.92 Å². The largest absolute Gasteiger partial charge is 0.490 e. The Kier molecular flexibility index (Phi) is 8.35. The van der Waals surface area contributed by atoms with Crippen LogP contribution in [-0.2, 0) is 0 Å². The molecule has 0 radical (unpaired) electrons. The van der Waals surface area contributed by atoms with Crippen LogP contribution in [0.4, 0.5) is 17.1 Å². The molecule has 0 aliphatic heterocycles. The molecule has 0 aliphatic rings. The first-order chi connectivity index (χ1) is 18.1. The molecule has 0 fully saturated rings. The van der Waals surface area contributed by atoms with Gasteiger partial charge in [0, 0.05) is 29.8 Å². The van der Waals surface area contributed by atoms with Gasteiger partial charge in [-0.2, -0.15) is 5.10 Å². The van der Waals surface area contributed by atoms with Gasteiger partial charge in [-0.05, 0) is 36.8 Å². The lowest BCUT2D eigenvalue weighted by molar-refractivity contribution is -0.394. The molecule has 0 aromatic heterocycles. The van der Waals surface area contributed by atoms with Crippen molar-refractivity contribution in [3.63, 3.8) is 0 Å². The van der Waals surface area contributed by atoms with Gasteiger partial charge in [0.1, 0.15) is 0 Å². The van der Waals surface area contributed by atoms with Crippen molar-refractivity contribution < 1.29 is 33.8 Å². The Hall–Kier alpha value is -5.73. The maximum atomic E-state index is 12.6. The van der Waals surface area contributed by atoms with Crippen LogP contribution in [0.3, 0.4) is 0 Å². The third kappa shape index (κ3) is 6.69. The molecule has 38 heavy (non-hydrogen) atoms. The molecule has 0 aliphatic carbocycles. The fraction of sp³-hybridized carbons (Fsp3) is 0.0870. The highest BCUT2D eigenvalue weighted by Crippen LogP contribution is 2.30. The number of carbonyl (C=O) groups is 2. The Balaban J connectivity index is 1.78. The van der Waals surface area contributed by atoms with Crippen LogP contribution in [0.1, 0.15) is 33.2 Å². The Labute approximate surface area is 212 Å². The summed E-state index contributed by atoms with van der Waals surface area (Å²) in [5.74, 6) is -1.78. The summed E-state index contributed by atoms with van der Waals surface area (Å²) in [7, 11) is 0. The van der Waals surface area contributed by atoms with Gasteiger partial charge in [0.15, 0.2) is 11.5 Å². The molecule has 0 spiro atoms. The monoisotopic (exact) mass is 523 g/mol. The van der Waals surface area contributed by atoms with E-state index in [0.29, 0.717) is 11.6 Å². The molecule has 3 aromatic rings. The van der Waals surface area contributed by atoms with Crippen LogP contribution in [0.15, 0.2) is 65.8 Å². The Morgan fingerprint density at radius 3 is 2.08 bits per heavy atom. The van der Waals surface area contributed by atoms with Crippen LogP contribution in [0, 0.1) is 30.3 Å². The number of benzene rings is 3. The number of hydrogen-bond donors (Lipinski definition) is 1. The topological polar surface area (TPSA) is 206 Å². The minimum atomic E-state index is -1.09. The first-order valence-corrected chi connectivity index (χ1v) is 10.6. The van der Waals surface area contributed by atoms with Crippen molar-refractivity contribution in [1.29, 1.82) is 0 Å². The van der Waals surface area contributed by atoms with Crippen LogP contribution in [0.2, 0.25) is 0 Å².